The molecule has 0 heterocycles. The molecule has 1 N–H and O–H groups in total. The molecule has 0 bridgehead atoms. The molecular weight excluding hydrogens is 323 g/mol. The van der Waals surface area contributed by atoms with E-state index in [4.69, 9.17) is 0 Å². The Morgan fingerprint density at radius 1 is 1.05 bits per heavy atom. The molecule has 0 aliphatic rings. The normalized spacial score (nSPS) is 10.3. The average Bonchev–Trinajstić information content (AvgIpc) is 2.36. The molecule has 98 valence electrons. The van der Waals surface area contributed by atoms with Gasteiger partial charge in [0, 0.05) is 22.2 Å². The number of halogens is 4. The van der Waals surface area contributed by atoms with Crippen molar-refractivity contribution in [1.82, 2.24) is 0 Å². The summed E-state index contributed by atoms with van der Waals surface area (Å²) >= 11 is 3.20. The van der Waals surface area contributed by atoms with Gasteiger partial charge >= 0.3 is 0 Å². The number of amides is 1. The van der Waals surface area contributed by atoms with E-state index in [2.05, 4.69) is 21.2 Å². The molecule has 0 aliphatic heterocycles. The van der Waals surface area contributed by atoms with Gasteiger partial charge in [0.2, 0.25) is 0 Å². The molecule has 0 fully saturated rings. The molecule has 0 saturated heterocycles. The largest absolute Gasteiger partial charge is 0.319 e. The van der Waals surface area contributed by atoms with Gasteiger partial charge in [-0.15, -0.1) is 0 Å². The first-order valence-corrected chi connectivity index (χ1v) is 5.98. The molecule has 0 spiro atoms. The predicted octanol–water partition coefficient (Wildman–Crippen LogP) is 4.12. The van der Waals surface area contributed by atoms with E-state index in [1.54, 1.807) is 12.1 Å². The molecule has 2 rings (SSSR count). The molecule has 2 aromatic rings. The maximum Gasteiger partial charge on any atom is 0.255 e. The molecule has 2 nitrogen and oxygen atoms in total. The van der Waals surface area contributed by atoms with Crippen molar-refractivity contribution in [3.63, 3.8) is 0 Å². The number of anilines is 1. The minimum absolute atomic E-state index is 0.243. The van der Waals surface area contributed by atoms with Gasteiger partial charge in [0.25, 0.3) is 5.91 Å². The SMILES string of the molecule is O=C(Nc1cc(F)cc(F)c1F)c1ccc(Br)cc1. The van der Waals surface area contributed by atoms with Gasteiger partial charge in [-0.3, -0.25) is 4.79 Å². The van der Waals surface area contributed by atoms with E-state index in [9.17, 15) is 18.0 Å². The lowest BCUT2D eigenvalue weighted by Crippen LogP contribution is -2.13. The Hall–Kier alpha value is -1.82. The summed E-state index contributed by atoms with van der Waals surface area (Å²) in [7, 11) is 0. The van der Waals surface area contributed by atoms with Crippen LogP contribution in [0, 0.1) is 17.5 Å². The van der Waals surface area contributed by atoms with Gasteiger partial charge in [-0.25, -0.2) is 13.2 Å². The lowest BCUT2D eigenvalue weighted by atomic mass is 10.2. The highest BCUT2D eigenvalue weighted by Crippen LogP contribution is 2.20. The molecule has 0 radical (unpaired) electrons. The van der Waals surface area contributed by atoms with Crippen LogP contribution in [0.2, 0.25) is 0 Å². The predicted molar refractivity (Wildman–Crippen MR) is 68.4 cm³/mol. The van der Waals surface area contributed by atoms with E-state index in [-0.39, 0.29) is 5.56 Å². The average molecular weight is 330 g/mol. The summed E-state index contributed by atoms with van der Waals surface area (Å²) in [5.41, 5.74) is -0.294. The van der Waals surface area contributed by atoms with Crippen LogP contribution in [0.25, 0.3) is 0 Å². The molecule has 19 heavy (non-hydrogen) atoms. The first-order valence-electron chi connectivity index (χ1n) is 5.19. The first-order chi connectivity index (χ1) is 8.97. The van der Waals surface area contributed by atoms with Gasteiger partial charge in [-0.2, -0.15) is 0 Å². The first kappa shape index (κ1) is 13.6. The Kier molecular flexibility index (Phi) is 3.90. The van der Waals surface area contributed by atoms with E-state index < -0.39 is 29.0 Å². The maximum absolute atomic E-state index is 13.4. The van der Waals surface area contributed by atoms with Crippen LogP contribution in [-0.2, 0) is 0 Å². The van der Waals surface area contributed by atoms with Crippen molar-refractivity contribution >= 4 is 27.5 Å². The van der Waals surface area contributed by atoms with Gasteiger partial charge in [-0.05, 0) is 24.3 Å². The number of benzene rings is 2. The Morgan fingerprint density at radius 3 is 2.32 bits per heavy atom. The zero-order valence-electron chi connectivity index (χ0n) is 9.38. The number of carbonyl (C=O) groups is 1. The molecule has 2 aromatic carbocycles. The van der Waals surface area contributed by atoms with Crippen LogP contribution in [0.3, 0.4) is 0 Å². The highest BCUT2D eigenvalue weighted by molar-refractivity contribution is 9.10. The summed E-state index contributed by atoms with van der Waals surface area (Å²) < 4.78 is 40.1. The number of rotatable bonds is 2. The zero-order valence-corrected chi connectivity index (χ0v) is 11.0. The Balaban J connectivity index is 2.26. The fourth-order valence-electron chi connectivity index (χ4n) is 1.44. The van der Waals surface area contributed by atoms with E-state index in [1.807, 2.05) is 0 Å². The third kappa shape index (κ3) is 3.14. The van der Waals surface area contributed by atoms with Gasteiger partial charge in [0.1, 0.15) is 5.82 Å². The summed E-state index contributed by atoms with van der Waals surface area (Å²) in [5.74, 6) is -4.28. The van der Waals surface area contributed by atoms with Crippen LogP contribution < -0.4 is 5.32 Å². The number of nitrogens with one attached hydrogen (secondary N) is 1. The minimum Gasteiger partial charge on any atom is -0.319 e. The molecule has 6 heteroatoms. The summed E-state index contributed by atoms with van der Waals surface area (Å²) in [6.45, 7) is 0. The van der Waals surface area contributed by atoms with E-state index >= 15 is 0 Å². The second-order valence-corrected chi connectivity index (χ2v) is 4.63. The van der Waals surface area contributed by atoms with Gasteiger partial charge in [-0.1, -0.05) is 15.9 Å². The van der Waals surface area contributed by atoms with Crippen LogP contribution >= 0.6 is 15.9 Å². The van der Waals surface area contributed by atoms with Crippen LogP contribution in [-0.4, -0.2) is 5.91 Å². The van der Waals surface area contributed by atoms with Crippen molar-refractivity contribution in [3.05, 3.63) is 63.9 Å². The molecule has 0 aromatic heterocycles. The molecule has 0 unspecified atom stereocenters. The molecule has 0 atom stereocenters. The van der Waals surface area contributed by atoms with Crippen molar-refractivity contribution in [2.45, 2.75) is 0 Å². The smallest absolute Gasteiger partial charge is 0.255 e. The van der Waals surface area contributed by atoms with Crippen LogP contribution in [0.15, 0.2) is 40.9 Å². The van der Waals surface area contributed by atoms with Crippen molar-refractivity contribution in [2.24, 2.45) is 0 Å². The lowest BCUT2D eigenvalue weighted by molar-refractivity contribution is 0.102. The molecule has 1 amide bonds. The fourth-order valence-corrected chi connectivity index (χ4v) is 1.71. The van der Waals surface area contributed by atoms with Crippen LogP contribution in [0.1, 0.15) is 10.4 Å². The monoisotopic (exact) mass is 329 g/mol. The Bertz CT molecular complexity index is 629. The second kappa shape index (κ2) is 5.44. The van der Waals surface area contributed by atoms with Crippen LogP contribution in [0.5, 0.6) is 0 Å². The second-order valence-electron chi connectivity index (χ2n) is 3.71. The van der Waals surface area contributed by atoms with Gasteiger partial charge in [0.15, 0.2) is 11.6 Å². The van der Waals surface area contributed by atoms with E-state index in [0.717, 1.165) is 10.5 Å². The van der Waals surface area contributed by atoms with Crippen molar-refractivity contribution < 1.29 is 18.0 Å². The maximum atomic E-state index is 13.4. The fraction of sp³-hybridized carbons (Fsp3) is 0. The van der Waals surface area contributed by atoms with E-state index in [0.29, 0.717) is 6.07 Å². The van der Waals surface area contributed by atoms with Crippen molar-refractivity contribution in [1.29, 1.82) is 0 Å². The topological polar surface area (TPSA) is 29.1 Å². The quantitative estimate of drug-likeness (QED) is 0.825. The summed E-state index contributed by atoms with van der Waals surface area (Å²) in [4.78, 5) is 11.8. The minimum atomic E-state index is -1.36. The standard InChI is InChI=1S/C13H7BrF3NO/c14-8-3-1-7(2-4-8)13(19)18-11-6-9(15)5-10(16)12(11)17/h1-6H,(H,18,19). The summed E-state index contributed by atoms with van der Waals surface area (Å²) in [6, 6.07) is 7.36. The highest BCUT2D eigenvalue weighted by Gasteiger charge is 2.14. The van der Waals surface area contributed by atoms with Crippen molar-refractivity contribution in [2.75, 3.05) is 5.32 Å². The zero-order chi connectivity index (χ0) is 14.0. The number of hydrogen-bond donors (Lipinski definition) is 1. The molecular formula is C13H7BrF3NO. The molecule has 0 aliphatic carbocycles. The number of carbonyl (C=O) groups excluding carboxylic acids is 1. The summed E-state index contributed by atoms with van der Waals surface area (Å²) in [6.07, 6.45) is 0. The summed E-state index contributed by atoms with van der Waals surface area (Å²) in [5, 5.41) is 2.12. The number of hydrogen-bond acceptors (Lipinski definition) is 1. The van der Waals surface area contributed by atoms with Crippen LogP contribution in [0.4, 0.5) is 18.9 Å². The van der Waals surface area contributed by atoms with Gasteiger partial charge in [0.05, 0.1) is 5.69 Å². The van der Waals surface area contributed by atoms with E-state index in [1.165, 1.54) is 12.1 Å². The Morgan fingerprint density at radius 2 is 1.68 bits per heavy atom. The third-order valence-corrected chi connectivity index (χ3v) is 2.88. The van der Waals surface area contributed by atoms with Gasteiger partial charge < -0.3 is 5.32 Å². The lowest BCUT2D eigenvalue weighted by Gasteiger charge is -2.07. The highest BCUT2D eigenvalue weighted by atomic mass is 79.9. The molecule has 0 saturated carbocycles. The third-order valence-electron chi connectivity index (χ3n) is 2.35. The van der Waals surface area contributed by atoms with Crippen molar-refractivity contribution in [3.8, 4) is 0 Å². The Labute approximate surface area is 115 Å².